The first-order chi connectivity index (χ1) is 9.15. The number of fused-ring (bicyclic) bond motifs is 1. The number of unbranched alkanes of at least 4 members (excludes halogenated alkanes) is 1. The van der Waals surface area contributed by atoms with Crippen molar-refractivity contribution >= 4 is 39.1 Å². The number of aromatic nitrogens is 1. The maximum Gasteiger partial charge on any atom is 0.303 e. The van der Waals surface area contributed by atoms with Gasteiger partial charge in [-0.2, -0.15) is 0 Å². The lowest BCUT2D eigenvalue weighted by Gasteiger charge is -2.04. The fourth-order valence-electron chi connectivity index (χ4n) is 1.72. The minimum Gasteiger partial charge on any atom is -0.481 e. The van der Waals surface area contributed by atoms with Crippen molar-refractivity contribution in [1.29, 1.82) is 0 Å². The normalized spacial score (nSPS) is 10.5. The zero-order chi connectivity index (χ0) is 13.7. The zero-order valence-corrected chi connectivity index (χ0v) is 11.1. The van der Waals surface area contributed by atoms with Gasteiger partial charge in [-0.05, 0) is 31.0 Å². The fourth-order valence-corrected chi connectivity index (χ4v) is 2.43. The number of carboxylic acid groups (broad SMARTS) is 1. The Labute approximate surface area is 114 Å². The summed E-state index contributed by atoms with van der Waals surface area (Å²) < 4.78 is 1.03. The lowest BCUT2D eigenvalue weighted by molar-refractivity contribution is -0.137. The van der Waals surface area contributed by atoms with Gasteiger partial charge in [0.1, 0.15) is 0 Å². The van der Waals surface area contributed by atoms with Crippen LogP contribution in [0.1, 0.15) is 25.7 Å². The number of anilines is 1. The van der Waals surface area contributed by atoms with E-state index in [9.17, 15) is 9.59 Å². The van der Waals surface area contributed by atoms with Gasteiger partial charge < -0.3 is 10.4 Å². The summed E-state index contributed by atoms with van der Waals surface area (Å²) >= 11 is 1.53. The number of carboxylic acids is 1. The number of amides is 1. The van der Waals surface area contributed by atoms with Gasteiger partial charge in [-0.1, -0.05) is 0 Å². The first kappa shape index (κ1) is 13.5. The molecule has 0 radical (unpaired) electrons. The first-order valence-electron chi connectivity index (χ1n) is 6.00. The molecule has 0 unspecified atom stereocenters. The molecule has 19 heavy (non-hydrogen) atoms. The average Bonchev–Trinajstić information content (AvgIpc) is 2.82. The highest BCUT2D eigenvalue weighted by molar-refractivity contribution is 7.16. The Balaban J connectivity index is 1.82. The van der Waals surface area contributed by atoms with Crippen molar-refractivity contribution in [2.45, 2.75) is 25.7 Å². The largest absolute Gasteiger partial charge is 0.481 e. The molecule has 2 N–H and O–H groups in total. The number of benzene rings is 1. The molecular formula is C13H14N2O3S. The number of carbonyl (C=O) groups is 2. The van der Waals surface area contributed by atoms with E-state index in [1.54, 1.807) is 5.51 Å². The van der Waals surface area contributed by atoms with Crippen LogP contribution in [0, 0.1) is 0 Å². The van der Waals surface area contributed by atoms with Gasteiger partial charge in [0.2, 0.25) is 5.91 Å². The quantitative estimate of drug-likeness (QED) is 0.796. The number of nitrogens with one attached hydrogen (secondary N) is 1. The van der Waals surface area contributed by atoms with E-state index in [-0.39, 0.29) is 12.3 Å². The van der Waals surface area contributed by atoms with Gasteiger partial charge in [-0.15, -0.1) is 11.3 Å². The molecule has 2 rings (SSSR count). The van der Waals surface area contributed by atoms with E-state index in [0.717, 1.165) is 15.9 Å². The number of rotatable bonds is 6. The van der Waals surface area contributed by atoms with Crippen molar-refractivity contribution in [1.82, 2.24) is 4.98 Å². The summed E-state index contributed by atoms with van der Waals surface area (Å²) in [4.78, 5) is 26.2. The molecule has 0 saturated heterocycles. The van der Waals surface area contributed by atoms with Crippen molar-refractivity contribution in [2.75, 3.05) is 5.32 Å². The molecule has 0 aliphatic carbocycles. The Morgan fingerprint density at radius 2 is 2.05 bits per heavy atom. The second kappa shape index (κ2) is 6.29. The molecule has 0 fully saturated rings. The van der Waals surface area contributed by atoms with Crippen LogP contribution < -0.4 is 5.32 Å². The summed E-state index contributed by atoms with van der Waals surface area (Å²) in [5.74, 6) is -0.912. The first-order valence-corrected chi connectivity index (χ1v) is 6.88. The van der Waals surface area contributed by atoms with Crippen LogP contribution in [0.4, 0.5) is 5.69 Å². The standard InChI is InChI=1S/C13H14N2O3S/c16-12(3-1-2-4-13(17)18)15-9-5-6-10-11(7-9)19-8-14-10/h5-8H,1-4H2,(H,15,16)(H,17,18). The average molecular weight is 278 g/mol. The van der Waals surface area contributed by atoms with E-state index in [2.05, 4.69) is 10.3 Å². The molecule has 100 valence electrons. The van der Waals surface area contributed by atoms with E-state index in [0.29, 0.717) is 19.3 Å². The van der Waals surface area contributed by atoms with Gasteiger partial charge in [-0.25, -0.2) is 4.98 Å². The fraction of sp³-hybridized carbons (Fsp3) is 0.308. The predicted molar refractivity (Wildman–Crippen MR) is 74.4 cm³/mol. The number of nitrogens with zero attached hydrogens (tertiary/aromatic N) is 1. The molecule has 0 atom stereocenters. The molecule has 0 aliphatic heterocycles. The summed E-state index contributed by atoms with van der Waals surface area (Å²) in [5.41, 5.74) is 3.44. The van der Waals surface area contributed by atoms with Crippen LogP contribution >= 0.6 is 11.3 Å². The Hall–Kier alpha value is -1.95. The van der Waals surface area contributed by atoms with Crippen LogP contribution in [0.15, 0.2) is 23.7 Å². The number of hydrogen-bond acceptors (Lipinski definition) is 4. The van der Waals surface area contributed by atoms with Crippen molar-refractivity contribution in [2.24, 2.45) is 0 Å². The molecular weight excluding hydrogens is 264 g/mol. The second-order valence-corrected chi connectivity index (χ2v) is 5.07. The summed E-state index contributed by atoms with van der Waals surface area (Å²) in [6, 6.07) is 5.57. The van der Waals surface area contributed by atoms with Gasteiger partial charge in [0, 0.05) is 18.5 Å². The Morgan fingerprint density at radius 3 is 2.84 bits per heavy atom. The predicted octanol–water partition coefficient (Wildman–Crippen LogP) is 2.88. The van der Waals surface area contributed by atoms with Crippen LogP contribution in [0.25, 0.3) is 10.2 Å². The van der Waals surface area contributed by atoms with Crippen LogP contribution in [0.5, 0.6) is 0 Å². The Bertz CT molecular complexity index is 594. The minimum atomic E-state index is -0.823. The number of thiazole rings is 1. The molecule has 0 spiro atoms. The van der Waals surface area contributed by atoms with E-state index < -0.39 is 5.97 Å². The van der Waals surface area contributed by atoms with Crippen LogP contribution in [0.3, 0.4) is 0 Å². The maximum absolute atomic E-state index is 11.7. The van der Waals surface area contributed by atoms with Crippen LogP contribution in [-0.4, -0.2) is 22.0 Å². The molecule has 1 aromatic heterocycles. The smallest absolute Gasteiger partial charge is 0.303 e. The van der Waals surface area contributed by atoms with E-state index in [1.807, 2.05) is 18.2 Å². The van der Waals surface area contributed by atoms with Crippen molar-refractivity contribution < 1.29 is 14.7 Å². The zero-order valence-electron chi connectivity index (χ0n) is 10.3. The highest BCUT2D eigenvalue weighted by Crippen LogP contribution is 2.21. The summed E-state index contributed by atoms with van der Waals surface area (Å²) in [7, 11) is 0. The number of hydrogen-bond donors (Lipinski definition) is 2. The van der Waals surface area contributed by atoms with E-state index >= 15 is 0 Å². The molecule has 0 bridgehead atoms. The molecule has 0 saturated carbocycles. The van der Waals surface area contributed by atoms with Gasteiger partial charge >= 0.3 is 5.97 Å². The Kier molecular flexibility index (Phi) is 4.46. The monoisotopic (exact) mass is 278 g/mol. The van der Waals surface area contributed by atoms with Crippen molar-refractivity contribution in [3.8, 4) is 0 Å². The third kappa shape index (κ3) is 4.03. The molecule has 2 aromatic rings. The van der Waals surface area contributed by atoms with Gasteiger partial charge in [0.05, 0.1) is 15.7 Å². The minimum absolute atomic E-state index is 0.0887. The summed E-state index contributed by atoms with van der Waals surface area (Å²) in [6.07, 6.45) is 1.56. The molecule has 0 aliphatic rings. The molecule has 5 nitrogen and oxygen atoms in total. The van der Waals surface area contributed by atoms with Crippen molar-refractivity contribution in [3.63, 3.8) is 0 Å². The van der Waals surface area contributed by atoms with Gasteiger partial charge in [-0.3, -0.25) is 9.59 Å². The summed E-state index contributed by atoms with van der Waals surface area (Å²) in [6.45, 7) is 0. The second-order valence-electron chi connectivity index (χ2n) is 4.18. The van der Waals surface area contributed by atoms with Crippen LogP contribution in [-0.2, 0) is 9.59 Å². The topological polar surface area (TPSA) is 79.3 Å². The summed E-state index contributed by atoms with van der Waals surface area (Å²) in [5, 5.41) is 11.3. The van der Waals surface area contributed by atoms with E-state index in [1.165, 1.54) is 11.3 Å². The highest BCUT2D eigenvalue weighted by Gasteiger charge is 2.05. The lowest BCUT2D eigenvalue weighted by Crippen LogP contribution is -2.11. The van der Waals surface area contributed by atoms with Crippen molar-refractivity contribution in [3.05, 3.63) is 23.7 Å². The van der Waals surface area contributed by atoms with E-state index in [4.69, 9.17) is 5.11 Å². The third-order valence-corrected chi connectivity index (χ3v) is 3.45. The molecule has 6 heteroatoms. The molecule has 1 aromatic carbocycles. The highest BCUT2D eigenvalue weighted by atomic mass is 32.1. The number of carbonyl (C=O) groups excluding carboxylic acids is 1. The molecule has 1 amide bonds. The Morgan fingerprint density at radius 1 is 1.26 bits per heavy atom. The number of aliphatic carboxylic acids is 1. The maximum atomic E-state index is 11.7. The third-order valence-electron chi connectivity index (χ3n) is 2.66. The van der Waals surface area contributed by atoms with Gasteiger partial charge in [0.15, 0.2) is 0 Å². The lowest BCUT2D eigenvalue weighted by atomic mass is 10.2. The van der Waals surface area contributed by atoms with Gasteiger partial charge in [0.25, 0.3) is 0 Å². The molecule has 1 heterocycles. The SMILES string of the molecule is O=C(O)CCCCC(=O)Nc1ccc2ncsc2c1. The van der Waals surface area contributed by atoms with Crippen LogP contribution in [0.2, 0.25) is 0 Å².